The van der Waals surface area contributed by atoms with Crippen molar-refractivity contribution in [2.24, 2.45) is 0 Å². The van der Waals surface area contributed by atoms with Crippen LogP contribution in [0.25, 0.3) is 11.3 Å². The van der Waals surface area contributed by atoms with Gasteiger partial charge in [-0.05, 0) is 19.2 Å². The van der Waals surface area contributed by atoms with Gasteiger partial charge in [0.2, 0.25) is 0 Å². The minimum Gasteiger partial charge on any atom is -0.382 e. The van der Waals surface area contributed by atoms with Crippen molar-refractivity contribution in [2.75, 3.05) is 12.0 Å². The summed E-state index contributed by atoms with van der Waals surface area (Å²) in [6.45, 7) is 1.93. The maximum absolute atomic E-state index is 5.60. The fourth-order valence-corrected chi connectivity index (χ4v) is 2.20. The van der Waals surface area contributed by atoms with Gasteiger partial charge < -0.3 is 5.73 Å². The first kappa shape index (κ1) is 11.0. The van der Waals surface area contributed by atoms with Gasteiger partial charge in [-0.25, -0.2) is 4.98 Å². The Kier molecular flexibility index (Phi) is 3.10. The third-order valence-corrected chi connectivity index (χ3v) is 3.12. The van der Waals surface area contributed by atoms with Crippen LogP contribution in [-0.4, -0.2) is 16.2 Å². The number of benzene rings is 1. The normalized spacial score (nSPS) is 10.4. The summed E-state index contributed by atoms with van der Waals surface area (Å²) in [5, 5.41) is 0. The Morgan fingerprint density at radius 2 is 2.00 bits per heavy atom. The molecule has 0 fully saturated rings. The monoisotopic (exact) mass is 231 g/mol. The molecule has 16 heavy (non-hydrogen) atoms. The number of anilines is 1. The zero-order chi connectivity index (χ0) is 11.5. The lowest BCUT2D eigenvalue weighted by atomic mass is 10.1. The van der Waals surface area contributed by atoms with Crippen LogP contribution in [0.5, 0.6) is 0 Å². The molecule has 0 aliphatic carbocycles. The average Bonchev–Trinajstić information content (AvgIpc) is 2.29. The molecule has 0 aliphatic rings. The predicted molar refractivity (Wildman–Crippen MR) is 68.4 cm³/mol. The molecule has 0 atom stereocenters. The highest BCUT2D eigenvalue weighted by Crippen LogP contribution is 2.29. The van der Waals surface area contributed by atoms with E-state index in [9.17, 15) is 0 Å². The molecular formula is C12H13N3S. The molecular weight excluding hydrogens is 218 g/mol. The minimum absolute atomic E-state index is 0.461. The summed E-state index contributed by atoms with van der Waals surface area (Å²) in [4.78, 5) is 9.79. The van der Waals surface area contributed by atoms with Crippen LogP contribution in [0.15, 0.2) is 35.4 Å². The molecule has 0 saturated carbocycles. The molecule has 2 rings (SSSR count). The van der Waals surface area contributed by atoms with Crippen LogP contribution in [0, 0.1) is 6.92 Å². The van der Waals surface area contributed by atoms with Crippen LogP contribution in [0.4, 0.5) is 5.82 Å². The average molecular weight is 231 g/mol. The Bertz CT molecular complexity index is 511. The van der Waals surface area contributed by atoms with Gasteiger partial charge in [-0.15, -0.1) is 11.8 Å². The summed E-state index contributed by atoms with van der Waals surface area (Å²) in [7, 11) is 0. The molecule has 0 aliphatic heterocycles. The number of thioether (sulfide) groups is 1. The summed E-state index contributed by atoms with van der Waals surface area (Å²) in [6, 6.07) is 8.17. The number of hydrogen-bond acceptors (Lipinski definition) is 4. The number of nitrogen functional groups attached to an aromatic ring is 1. The highest BCUT2D eigenvalue weighted by atomic mass is 32.2. The molecule has 2 N–H and O–H groups in total. The molecule has 0 bridgehead atoms. The lowest BCUT2D eigenvalue weighted by molar-refractivity contribution is 1.13. The molecule has 82 valence electrons. The second-order valence-corrected chi connectivity index (χ2v) is 4.28. The number of nitrogens with two attached hydrogens (primary N) is 1. The van der Waals surface area contributed by atoms with Gasteiger partial charge in [0.05, 0.1) is 17.6 Å². The van der Waals surface area contributed by atoms with Gasteiger partial charge in [-0.2, -0.15) is 0 Å². The molecule has 0 unspecified atom stereocenters. The summed E-state index contributed by atoms with van der Waals surface area (Å²) in [5.74, 6) is 0.461. The van der Waals surface area contributed by atoms with Crippen LogP contribution < -0.4 is 5.73 Å². The smallest absolute Gasteiger partial charge is 0.142 e. The van der Waals surface area contributed by atoms with Gasteiger partial charge in [0, 0.05) is 10.5 Å². The molecule has 4 heteroatoms. The lowest BCUT2D eigenvalue weighted by Crippen LogP contribution is -1.98. The lowest BCUT2D eigenvalue weighted by Gasteiger charge is -2.08. The van der Waals surface area contributed by atoms with Gasteiger partial charge >= 0.3 is 0 Å². The second kappa shape index (κ2) is 4.53. The first-order valence-electron chi connectivity index (χ1n) is 4.95. The van der Waals surface area contributed by atoms with E-state index in [0.29, 0.717) is 5.82 Å². The van der Waals surface area contributed by atoms with Crippen molar-refractivity contribution in [1.29, 1.82) is 0 Å². The van der Waals surface area contributed by atoms with E-state index in [1.54, 1.807) is 18.0 Å². The number of hydrogen-bond donors (Lipinski definition) is 1. The minimum atomic E-state index is 0.461. The number of nitrogens with zero attached hydrogens (tertiary/aromatic N) is 2. The molecule has 1 aromatic carbocycles. The van der Waals surface area contributed by atoms with Crippen molar-refractivity contribution in [3.05, 3.63) is 36.2 Å². The van der Waals surface area contributed by atoms with Crippen molar-refractivity contribution in [3.8, 4) is 11.3 Å². The van der Waals surface area contributed by atoms with Gasteiger partial charge in [-0.3, -0.25) is 4.98 Å². The highest BCUT2D eigenvalue weighted by Gasteiger charge is 2.08. The van der Waals surface area contributed by atoms with Gasteiger partial charge in [0.1, 0.15) is 5.82 Å². The molecule has 0 spiro atoms. The maximum Gasteiger partial charge on any atom is 0.142 e. The molecule has 0 saturated heterocycles. The van der Waals surface area contributed by atoms with Crippen LogP contribution in [0.1, 0.15) is 5.69 Å². The predicted octanol–water partition coefficient (Wildman–Crippen LogP) is 2.76. The quantitative estimate of drug-likeness (QED) is 0.807. The Morgan fingerprint density at radius 1 is 1.25 bits per heavy atom. The molecule has 3 nitrogen and oxygen atoms in total. The third-order valence-electron chi connectivity index (χ3n) is 2.33. The van der Waals surface area contributed by atoms with Crippen molar-refractivity contribution in [3.63, 3.8) is 0 Å². The number of rotatable bonds is 2. The standard InChI is InChI=1S/C12H13N3S/c1-8-12(14-7-11(13)15-8)9-5-3-4-6-10(9)16-2/h3-7H,1-2H3,(H2,13,15). The van der Waals surface area contributed by atoms with Crippen LogP contribution in [-0.2, 0) is 0 Å². The Labute approximate surface area is 99.1 Å². The molecule has 1 heterocycles. The first-order valence-corrected chi connectivity index (χ1v) is 6.17. The van der Waals surface area contributed by atoms with Crippen molar-refractivity contribution < 1.29 is 0 Å². The number of aryl methyl sites for hydroxylation is 1. The van der Waals surface area contributed by atoms with E-state index < -0.39 is 0 Å². The molecule has 0 radical (unpaired) electrons. The van der Waals surface area contributed by atoms with Crippen molar-refractivity contribution >= 4 is 17.6 Å². The zero-order valence-electron chi connectivity index (χ0n) is 9.27. The zero-order valence-corrected chi connectivity index (χ0v) is 10.1. The first-order chi connectivity index (χ1) is 7.72. The van der Waals surface area contributed by atoms with Crippen LogP contribution in [0.3, 0.4) is 0 Å². The second-order valence-electron chi connectivity index (χ2n) is 3.43. The topological polar surface area (TPSA) is 51.8 Å². The highest BCUT2D eigenvalue weighted by molar-refractivity contribution is 7.98. The summed E-state index contributed by atoms with van der Waals surface area (Å²) < 4.78 is 0. The van der Waals surface area contributed by atoms with Gasteiger partial charge in [-0.1, -0.05) is 18.2 Å². The Hall–Kier alpha value is -1.55. The third kappa shape index (κ3) is 2.02. The van der Waals surface area contributed by atoms with E-state index in [-0.39, 0.29) is 0 Å². The summed E-state index contributed by atoms with van der Waals surface area (Å²) >= 11 is 1.70. The van der Waals surface area contributed by atoms with Crippen LogP contribution in [0.2, 0.25) is 0 Å². The Morgan fingerprint density at radius 3 is 2.69 bits per heavy atom. The van der Waals surface area contributed by atoms with Crippen molar-refractivity contribution in [2.45, 2.75) is 11.8 Å². The summed E-state index contributed by atoms with van der Waals surface area (Å²) in [6.07, 6.45) is 3.65. The number of aromatic nitrogens is 2. The SMILES string of the molecule is CSc1ccccc1-c1ncc(N)nc1C. The molecule has 2 aromatic rings. The molecule has 1 aromatic heterocycles. The van der Waals surface area contributed by atoms with E-state index in [1.165, 1.54) is 4.90 Å². The van der Waals surface area contributed by atoms with E-state index in [4.69, 9.17) is 5.73 Å². The van der Waals surface area contributed by atoms with Crippen LogP contribution >= 0.6 is 11.8 Å². The van der Waals surface area contributed by atoms with E-state index >= 15 is 0 Å². The van der Waals surface area contributed by atoms with Crippen molar-refractivity contribution in [1.82, 2.24) is 9.97 Å². The fraction of sp³-hybridized carbons (Fsp3) is 0.167. The van der Waals surface area contributed by atoms with E-state index in [0.717, 1.165) is 17.0 Å². The van der Waals surface area contributed by atoms with E-state index in [2.05, 4.69) is 28.4 Å². The summed E-state index contributed by atoms with van der Waals surface area (Å²) in [5.41, 5.74) is 8.47. The largest absolute Gasteiger partial charge is 0.382 e. The molecule has 0 amide bonds. The van der Waals surface area contributed by atoms with E-state index in [1.807, 2.05) is 19.1 Å². The Balaban J connectivity index is 2.58. The fourth-order valence-electron chi connectivity index (χ4n) is 1.60. The van der Waals surface area contributed by atoms with Gasteiger partial charge in [0.25, 0.3) is 0 Å². The van der Waals surface area contributed by atoms with Gasteiger partial charge in [0.15, 0.2) is 0 Å². The maximum atomic E-state index is 5.60.